The Bertz CT molecular complexity index is 1450. The minimum atomic E-state index is -2.34. The monoisotopic (exact) mass is 632 g/mol. The first-order valence-electron chi connectivity index (χ1n) is 10.4. The van der Waals surface area contributed by atoms with Crippen LogP contribution in [0.25, 0.3) is 6.08 Å². The number of hydrogen-bond donors (Lipinski definition) is 0. The van der Waals surface area contributed by atoms with Crippen LogP contribution in [-0.4, -0.2) is 18.7 Å². The predicted octanol–water partition coefficient (Wildman–Crippen LogP) is 6.52. The zero-order valence-corrected chi connectivity index (χ0v) is 21.2. The van der Waals surface area contributed by atoms with E-state index in [0.717, 1.165) is 0 Å². The maximum Gasteiger partial charge on any atom is 0.280 e. The average molecular weight is 632 g/mol. The van der Waals surface area contributed by atoms with Crippen molar-refractivity contribution in [2.24, 2.45) is 5.10 Å². The van der Waals surface area contributed by atoms with Crippen LogP contribution in [0.3, 0.4) is 0 Å². The average Bonchev–Trinajstić information content (AvgIpc) is 3.14. The van der Waals surface area contributed by atoms with E-state index < -0.39 is 40.7 Å². The molecule has 1 aliphatic rings. The zero-order valence-electron chi connectivity index (χ0n) is 19.0. The summed E-state index contributed by atoms with van der Waals surface area (Å²) in [6, 6.07) is 8.88. The van der Waals surface area contributed by atoms with E-state index in [1.165, 1.54) is 38.3 Å². The van der Waals surface area contributed by atoms with Gasteiger partial charge in [-0.2, -0.15) is 10.1 Å². The molecule has 3 aromatic rings. The van der Waals surface area contributed by atoms with Crippen molar-refractivity contribution in [2.75, 3.05) is 12.1 Å². The molecule has 0 aromatic heterocycles. The van der Waals surface area contributed by atoms with Crippen molar-refractivity contribution in [3.8, 4) is 11.5 Å². The third-order valence-electron chi connectivity index (χ3n) is 5.32. The van der Waals surface area contributed by atoms with Gasteiger partial charge in [-0.3, -0.25) is 4.79 Å². The lowest BCUT2D eigenvalue weighted by Gasteiger charge is -2.15. The summed E-state index contributed by atoms with van der Waals surface area (Å²) in [6.45, 7) is 1.46. The molecule has 0 N–H and O–H groups in total. The number of amides is 1. The Hall–Kier alpha value is -3.55. The van der Waals surface area contributed by atoms with Crippen LogP contribution in [-0.2, 0) is 11.4 Å². The van der Waals surface area contributed by atoms with Gasteiger partial charge in [0.25, 0.3) is 5.91 Å². The Labute approximate surface area is 220 Å². The quantitative estimate of drug-likeness (QED) is 0.102. The SMILES string of the molecule is COc1cc(/C=C2/C(=O)N(c3c(F)c(F)c(F)c(F)c3F)N=C2C)cc(I)c1OCc1ccc(F)cc1. The molecule has 0 unspecified atom stereocenters. The number of hydrazone groups is 1. The van der Waals surface area contributed by atoms with Crippen LogP contribution < -0.4 is 14.5 Å². The van der Waals surface area contributed by atoms with E-state index in [9.17, 15) is 31.1 Å². The first-order chi connectivity index (χ1) is 17.5. The Morgan fingerprint density at radius 1 is 0.946 bits per heavy atom. The second-order valence-electron chi connectivity index (χ2n) is 7.73. The van der Waals surface area contributed by atoms with Gasteiger partial charge in [-0.25, -0.2) is 26.3 Å². The molecule has 192 valence electrons. The van der Waals surface area contributed by atoms with Gasteiger partial charge >= 0.3 is 0 Å². The maximum absolute atomic E-state index is 14.3. The number of methoxy groups -OCH3 is 1. The van der Waals surface area contributed by atoms with Crippen molar-refractivity contribution < 1.29 is 40.6 Å². The van der Waals surface area contributed by atoms with Crippen LogP contribution in [0.1, 0.15) is 18.1 Å². The predicted molar refractivity (Wildman–Crippen MR) is 131 cm³/mol. The van der Waals surface area contributed by atoms with Crippen molar-refractivity contribution >= 4 is 46.0 Å². The second-order valence-corrected chi connectivity index (χ2v) is 8.89. The molecule has 0 spiro atoms. The molecule has 1 heterocycles. The van der Waals surface area contributed by atoms with Gasteiger partial charge in [-0.05, 0) is 71.0 Å². The molecule has 1 amide bonds. The summed E-state index contributed by atoms with van der Waals surface area (Å²) in [5, 5.41) is 3.85. The van der Waals surface area contributed by atoms with E-state index in [-0.39, 0.29) is 34.5 Å². The van der Waals surface area contributed by atoms with Gasteiger partial charge in [-0.1, -0.05) is 12.1 Å². The summed E-state index contributed by atoms with van der Waals surface area (Å²) in [7, 11) is 1.39. The summed E-state index contributed by atoms with van der Waals surface area (Å²) in [5.74, 6) is -11.9. The van der Waals surface area contributed by atoms with Gasteiger partial charge in [-0.15, -0.1) is 0 Å². The number of anilines is 1. The zero-order chi connectivity index (χ0) is 27.0. The topological polar surface area (TPSA) is 51.1 Å². The highest BCUT2D eigenvalue weighted by atomic mass is 127. The highest BCUT2D eigenvalue weighted by Gasteiger charge is 2.37. The summed E-state index contributed by atoms with van der Waals surface area (Å²) < 4.78 is 94.2. The van der Waals surface area contributed by atoms with Crippen LogP contribution in [0, 0.1) is 38.5 Å². The molecule has 12 heteroatoms. The minimum absolute atomic E-state index is 0.0143. The van der Waals surface area contributed by atoms with Crippen molar-refractivity contribution in [2.45, 2.75) is 13.5 Å². The Morgan fingerprint density at radius 3 is 2.14 bits per heavy atom. The molecule has 0 radical (unpaired) electrons. The van der Waals surface area contributed by atoms with Crippen molar-refractivity contribution in [3.05, 3.63) is 91.6 Å². The second kappa shape index (κ2) is 10.4. The highest BCUT2D eigenvalue weighted by Crippen LogP contribution is 2.37. The number of carbonyl (C=O) groups excluding carboxylic acids is 1. The van der Waals surface area contributed by atoms with Gasteiger partial charge in [0, 0.05) is 0 Å². The third kappa shape index (κ3) is 5.02. The molecule has 37 heavy (non-hydrogen) atoms. The largest absolute Gasteiger partial charge is 0.493 e. The number of rotatable bonds is 6. The van der Waals surface area contributed by atoms with E-state index in [4.69, 9.17) is 9.47 Å². The molecular weight excluding hydrogens is 617 g/mol. The number of ether oxygens (including phenoxy) is 2. The normalized spacial score (nSPS) is 14.4. The van der Waals surface area contributed by atoms with E-state index in [0.29, 0.717) is 20.4 Å². The van der Waals surface area contributed by atoms with E-state index >= 15 is 0 Å². The van der Waals surface area contributed by atoms with Crippen LogP contribution in [0.4, 0.5) is 32.0 Å². The molecule has 0 saturated heterocycles. The molecule has 0 bridgehead atoms. The van der Waals surface area contributed by atoms with Gasteiger partial charge in [0.05, 0.1) is 22.0 Å². The molecule has 4 rings (SSSR count). The lowest BCUT2D eigenvalue weighted by atomic mass is 10.1. The van der Waals surface area contributed by atoms with Gasteiger partial charge in [0.1, 0.15) is 18.1 Å². The van der Waals surface area contributed by atoms with E-state index in [2.05, 4.69) is 5.10 Å². The van der Waals surface area contributed by atoms with Gasteiger partial charge in [0.15, 0.2) is 34.8 Å². The fourth-order valence-electron chi connectivity index (χ4n) is 3.48. The maximum atomic E-state index is 14.3. The van der Waals surface area contributed by atoms with Crippen LogP contribution in [0.5, 0.6) is 11.5 Å². The molecular formula is C25H15F6IN2O3. The first-order valence-corrected chi connectivity index (χ1v) is 11.5. The van der Waals surface area contributed by atoms with E-state index in [1.807, 2.05) is 22.6 Å². The van der Waals surface area contributed by atoms with Crippen molar-refractivity contribution in [1.82, 2.24) is 0 Å². The Kier molecular flexibility index (Phi) is 7.48. The van der Waals surface area contributed by atoms with Crippen LogP contribution in [0.15, 0.2) is 47.1 Å². The minimum Gasteiger partial charge on any atom is -0.493 e. The smallest absolute Gasteiger partial charge is 0.280 e. The number of nitrogens with zero attached hydrogens (tertiary/aromatic N) is 2. The summed E-state index contributed by atoms with van der Waals surface area (Å²) >= 11 is 1.97. The molecule has 0 fully saturated rings. The number of hydrogen-bond acceptors (Lipinski definition) is 4. The molecule has 1 aliphatic heterocycles. The molecule has 3 aromatic carbocycles. The van der Waals surface area contributed by atoms with Crippen LogP contribution >= 0.6 is 22.6 Å². The number of halogens is 7. The Balaban J connectivity index is 1.65. The number of carbonyl (C=O) groups is 1. The molecule has 0 saturated carbocycles. The summed E-state index contributed by atoms with van der Waals surface area (Å²) in [5.41, 5.74) is -0.503. The van der Waals surface area contributed by atoms with Crippen molar-refractivity contribution in [3.63, 3.8) is 0 Å². The summed E-state index contributed by atoms with van der Waals surface area (Å²) in [6.07, 6.45) is 1.33. The highest BCUT2D eigenvalue weighted by molar-refractivity contribution is 14.1. The van der Waals surface area contributed by atoms with Gasteiger partial charge < -0.3 is 9.47 Å². The summed E-state index contributed by atoms with van der Waals surface area (Å²) in [4.78, 5) is 12.9. The first kappa shape index (κ1) is 26.5. The molecule has 0 aliphatic carbocycles. The lowest BCUT2D eigenvalue weighted by molar-refractivity contribution is -0.114. The van der Waals surface area contributed by atoms with Crippen molar-refractivity contribution in [1.29, 1.82) is 0 Å². The molecule has 0 atom stereocenters. The fraction of sp³-hybridized carbons (Fsp3) is 0.120. The Morgan fingerprint density at radius 2 is 1.54 bits per heavy atom. The van der Waals surface area contributed by atoms with Gasteiger partial charge in [0.2, 0.25) is 5.82 Å². The van der Waals surface area contributed by atoms with E-state index in [1.54, 1.807) is 18.2 Å². The number of benzene rings is 3. The fourth-order valence-corrected chi connectivity index (χ4v) is 4.26. The standard InChI is InChI=1S/C25H15F6IN2O3/c1-11-15(25(35)34(33-11)23-21(30)19(28)18(27)20(29)22(23)31)7-13-8-16(32)24(17(9-13)36-2)37-10-12-3-5-14(26)6-4-12/h3-9H,10H2,1-2H3/b15-7+. The van der Waals surface area contributed by atoms with Crippen LogP contribution in [0.2, 0.25) is 0 Å². The molecule has 5 nitrogen and oxygen atoms in total. The third-order valence-corrected chi connectivity index (χ3v) is 6.12. The lowest BCUT2D eigenvalue weighted by Crippen LogP contribution is -2.25.